The molecule has 0 aliphatic rings. The minimum Gasteiger partial charge on any atom is -0.382 e. The minimum atomic E-state index is -3.74. The van der Waals surface area contributed by atoms with E-state index in [2.05, 4.69) is 21.9 Å². The van der Waals surface area contributed by atoms with Crippen molar-refractivity contribution in [1.82, 2.24) is 19.5 Å². The van der Waals surface area contributed by atoms with Gasteiger partial charge in [-0.15, -0.1) is 0 Å². The summed E-state index contributed by atoms with van der Waals surface area (Å²) in [6.45, 7) is 4.65. The number of aromatic nitrogens is 4. The van der Waals surface area contributed by atoms with Gasteiger partial charge in [0, 0.05) is 0 Å². The van der Waals surface area contributed by atoms with Crippen LogP contribution in [-0.4, -0.2) is 43.5 Å². The Morgan fingerprint density at radius 3 is 2.81 bits per heavy atom. The molecule has 2 rings (SSSR count). The monoisotopic (exact) mass is 385 g/mol. The van der Waals surface area contributed by atoms with E-state index < -0.39 is 7.60 Å². The zero-order valence-corrected chi connectivity index (χ0v) is 16.3. The minimum absolute atomic E-state index is 0.275. The van der Waals surface area contributed by atoms with Gasteiger partial charge in [-0.25, -0.2) is 15.0 Å². The SMILES string of the molecule is CCCCCCCOP(=O)(O)CO[C@H](C)Cn1cnc2c(N)ncnc21. The van der Waals surface area contributed by atoms with E-state index in [1.165, 1.54) is 12.7 Å². The summed E-state index contributed by atoms with van der Waals surface area (Å²) >= 11 is 0. The summed E-state index contributed by atoms with van der Waals surface area (Å²) in [6, 6.07) is 0. The van der Waals surface area contributed by atoms with E-state index >= 15 is 0 Å². The lowest BCUT2D eigenvalue weighted by Gasteiger charge is -2.17. The molecule has 26 heavy (non-hydrogen) atoms. The fourth-order valence-corrected chi connectivity index (χ4v) is 3.47. The van der Waals surface area contributed by atoms with Crippen LogP contribution in [0.1, 0.15) is 46.0 Å². The maximum Gasteiger partial charge on any atom is 0.353 e. The van der Waals surface area contributed by atoms with Gasteiger partial charge in [-0.2, -0.15) is 0 Å². The van der Waals surface area contributed by atoms with Crippen molar-refractivity contribution >= 4 is 24.6 Å². The van der Waals surface area contributed by atoms with E-state index in [9.17, 15) is 9.46 Å². The standard InChI is InChI=1S/C16H28N5O4P/c1-3-4-5-6-7-8-25-26(22,23)12-24-13(2)9-21-11-20-14-15(17)18-10-19-16(14)21/h10-11,13H,3-9,12H2,1-2H3,(H,22,23)(H2,17,18,19)/t13-/m1/s1. The molecule has 0 saturated carbocycles. The molecule has 0 amide bonds. The van der Waals surface area contributed by atoms with E-state index in [0.717, 1.165) is 25.7 Å². The number of hydrogen-bond donors (Lipinski definition) is 2. The van der Waals surface area contributed by atoms with Gasteiger partial charge >= 0.3 is 7.60 Å². The van der Waals surface area contributed by atoms with Crippen molar-refractivity contribution in [3.63, 3.8) is 0 Å². The summed E-state index contributed by atoms with van der Waals surface area (Å²) in [5.74, 6) is 0.314. The molecule has 146 valence electrons. The van der Waals surface area contributed by atoms with Crippen LogP contribution in [0, 0.1) is 0 Å². The molecule has 0 spiro atoms. The van der Waals surface area contributed by atoms with Crippen molar-refractivity contribution in [3.8, 4) is 0 Å². The number of nitrogens with zero attached hydrogens (tertiary/aromatic N) is 4. The Morgan fingerprint density at radius 2 is 2.04 bits per heavy atom. The number of nitrogens with two attached hydrogens (primary N) is 1. The fourth-order valence-electron chi connectivity index (χ4n) is 2.53. The first-order valence-electron chi connectivity index (χ1n) is 8.92. The third-order valence-electron chi connectivity index (χ3n) is 3.95. The molecule has 10 heteroatoms. The van der Waals surface area contributed by atoms with E-state index in [-0.39, 0.29) is 19.1 Å². The van der Waals surface area contributed by atoms with Crippen LogP contribution in [0.15, 0.2) is 12.7 Å². The number of imidazole rings is 1. The summed E-state index contributed by atoms with van der Waals surface area (Å²) in [6.07, 6.45) is 7.55. The highest BCUT2D eigenvalue weighted by Gasteiger charge is 2.21. The molecule has 0 fully saturated rings. The number of hydrogen-bond acceptors (Lipinski definition) is 7. The van der Waals surface area contributed by atoms with E-state index in [4.69, 9.17) is 15.0 Å². The molecule has 0 saturated heterocycles. The second-order valence-electron chi connectivity index (χ2n) is 6.32. The molecule has 2 aromatic rings. The molecule has 0 radical (unpaired) electrons. The lowest BCUT2D eigenvalue weighted by Crippen LogP contribution is -2.17. The Kier molecular flexibility index (Phi) is 7.96. The molecule has 2 atom stereocenters. The summed E-state index contributed by atoms with van der Waals surface area (Å²) in [7, 11) is -3.74. The summed E-state index contributed by atoms with van der Waals surface area (Å²) < 4.78 is 24.4. The van der Waals surface area contributed by atoms with Crippen molar-refractivity contribution in [1.29, 1.82) is 0 Å². The average molecular weight is 385 g/mol. The van der Waals surface area contributed by atoms with Gasteiger partial charge in [0.25, 0.3) is 0 Å². The van der Waals surface area contributed by atoms with Crippen LogP contribution in [0.2, 0.25) is 0 Å². The summed E-state index contributed by atoms with van der Waals surface area (Å²) in [5.41, 5.74) is 6.88. The van der Waals surface area contributed by atoms with Crippen molar-refractivity contribution in [3.05, 3.63) is 12.7 Å². The third-order valence-corrected chi connectivity index (χ3v) is 5.01. The third kappa shape index (κ3) is 6.32. The molecule has 2 aromatic heterocycles. The molecular formula is C16H28N5O4P. The quantitative estimate of drug-likeness (QED) is 0.422. The van der Waals surface area contributed by atoms with Gasteiger partial charge in [0.05, 0.1) is 25.6 Å². The zero-order valence-electron chi connectivity index (χ0n) is 15.4. The highest BCUT2D eigenvalue weighted by molar-refractivity contribution is 7.52. The fraction of sp³-hybridized carbons (Fsp3) is 0.688. The number of unbranched alkanes of at least 4 members (excludes halogenated alkanes) is 4. The van der Waals surface area contributed by atoms with Crippen LogP contribution in [0.3, 0.4) is 0 Å². The van der Waals surface area contributed by atoms with Gasteiger partial charge in [-0.3, -0.25) is 4.57 Å². The molecule has 0 aromatic carbocycles. The van der Waals surface area contributed by atoms with Gasteiger partial charge in [0.15, 0.2) is 11.5 Å². The van der Waals surface area contributed by atoms with Gasteiger partial charge in [-0.1, -0.05) is 32.6 Å². The number of rotatable bonds is 12. The topological polar surface area (TPSA) is 125 Å². The normalized spacial score (nSPS) is 15.2. The number of anilines is 1. The molecule has 3 N–H and O–H groups in total. The lowest BCUT2D eigenvalue weighted by atomic mass is 10.2. The molecule has 0 aliphatic carbocycles. The summed E-state index contributed by atoms with van der Waals surface area (Å²) in [4.78, 5) is 22.1. The van der Waals surface area contributed by atoms with Crippen molar-refractivity contribution in [2.45, 2.75) is 58.6 Å². The predicted octanol–water partition coefficient (Wildman–Crippen LogP) is 2.94. The Hall–Kier alpha value is -1.54. The van der Waals surface area contributed by atoms with Gasteiger partial charge in [-0.05, 0) is 13.3 Å². The molecule has 0 bridgehead atoms. The highest BCUT2D eigenvalue weighted by Crippen LogP contribution is 2.42. The van der Waals surface area contributed by atoms with E-state index in [1.54, 1.807) is 17.8 Å². The first kappa shape index (κ1) is 20.8. The lowest BCUT2D eigenvalue weighted by molar-refractivity contribution is 0.0715. The maximum absolute atomic E-state index is 12.0. The Bertz CT molecular complexity index is 738. The smallest absolute Gasteiger partial charge is 0.353 e. The van der Waals surface area contributed by atoms with Crippen LogP contribution >= 0.6 is 7.60 Å². The van der Waals surface area contributed by atoms with E-state index in [1.807, 2.05) is 0 Å². The second kappa shape index (κ2) is 9.97. The van der Waals surface area contributed by atoms with Crippen LogP contribution in [0.4, 0.5) is 5.82 Å². The maximum atomic E-state index is 12.0. The Balaban J connectivity index is 1.75. The van der Waals surface area contributed by atoms with E-state index in [0.29, 0.717) is 23.5 Å². The highest BCUT2D eigenvalue weighted by atomic mass is 31.2. The molecule has 2 heterocycles. The Labute approximate surface area is 153 Å². The average Bonchev–Trinajstić information content (AvgIpc) is 3.01. The first-order valence-corrected chi connectivity index (χ1v) is 10.7. The first-order chi connectivity index (χ1) is 12.4. The van der Waals surface area contributed by atoms with Crippen LogP contribution in [0.25, 0.3) is 11.2 Å². The number of nitrogen functional groups attached to an aromatic ring is 1. The van der Waals surface area contributed by atoms with Crippen LogP contribution in [0.5, 0.6) is 0 Å². The zero-order chi connectivity index (χ0) is 19.0. The molecule has 1 unspecified atom stereocenters. The van der Waals surface area contributed by atoms with Crippen molar-refractivity contribution in [2.75, 3.05) is 18.7 Å². The van der Waals surface area contributed by atoms with Crippen LogP contribution < -0.4 is 5.73 Å². The van der Waals surface area contributed by atoms with Crippen molar-refractivity contribution in [2.24, 2.45) is 0 Å². The number of fused-ring (bicyclic) bond motifs is 1. The number of ether oxygens (including phenoxy) is 1. The van der Waals surface area contributed by atoms with Crippen LogP contribution in [-0.2, 0) is 20.4 Å². The van der Waals surface area contributed by atoms with Gasteiger partial charge < -0.3 is 24.5 Å². The second-order valence-corrected chi connectivity index (χ2v) is 8.11. The Morgan fingerprint density at radius 1 is 1.27 bits per heavy atom. The summed E-state index contributed by atoms with van der Waals surface area (Å²) in [5, 5.41) is 0. The van der Waals surface area contributed by atoms with Gasteiger partial charge in [0.2, 0.25) is 0 Å². The molecule has 0 aliphatic heterocycles. The molecule has 9 nitrogen and oxygen atoms in total. The molecular weight excluding hydrogens is 357 g/mol. The largest absolute Gasteiger partial charge is 0.382 e. The van der Waals surface area contributed by atoms with Gasteiger partial charge in [0.1, 0.15) is 18.2 Å². The predicted molar refractivity (Wildman–Crippen MR) is 99.7 cm³/mol. The van der Waals surface area contributed by atoms with Crippen molar-refractivity contribution < 1.29 is 18.7 Å².